The molecule has 1 aliphatic heterocycles. The maximum Gasteiger partial charge on any atom is 0.405 e. The third-order valence-corrected chi connectivity index (χ3v) is 3.35. The van der Waals surface area contributed by atoms with Crippen LogP contribution in [0.1, 0.15) is 19.3 Å². The fourth-order valence-corrected chi connectivity index (χ4v) is 2.19. The zero-order valence-electron chi connectivity index (χ0n) is 13.5. The van der Waals surface area contributed by atoms with Crippen LogP contribution in [0.2, 0.25) is 0 Å². The summed E-state index contributed by atoms with van der Waals surface area (Å²) < 4.78 is 37.1. The van der Waals surface area contributed by atoms with Crippen LogP contribution in [0.3, 0.4) is 0 Å². The normalized spacial score (nSPS) is 18.2. The van der Waals surface area contributed by atoms with Gasteiger partial charge in [-0.3, -0.25) is 4.79 Å². The number of hydrogen-bond acceptors (Lipinski definition) is 8. The first kappa shape index (κ1) is 19.0. The van der Waals surface area contributed by atoms with E-state index in [1.807, 2.05) is 0 Å². The standard InChI is InChI=1S/C13H21F3N8O/c14-13(15,16)7-20-11-22-10(19-6-4-17)23-12(24-11)21-8-3-1-2-5-18-9(8)25/h8H,1-7,17H2,(H,18,25)(H3,19,20,21,22,23,24). The third kappa shape index (κ3) is 6.57. The minimum absolute atomic E-state index is 0.0150. The molecule has 1 atom stereocenters. The lowest BCUT2D eigenvalue weighted by Gasteiger charge is -2.16. The Balaban J connectivity index is 2.14. The van der Waals surface area contributed by atoms with Crippen LogP contribution in [-0.4, -0.2) is 59.3 Å². The van der Waals surface area contributed by atoms with E-state index in [1.54, 1.807) is 0 Å². The number of nitrogens with two attached hydrogens (primary N) is 1. The van der Waals surface area contributed by atoms with Crippen molar-refractivity contribution in [3.8, 4) is 0 Å². The number of carbonyl (C=O) groups excluding carboxylic acids is 1. The van der Waals surface area contributed by atoms with Crippen molar-refractivity contribution < 1.29 is 18.0 Å². The average molecular weight is 362 g/mol. The average Bonchev–Trinajstić information content (AvgIpc) is 2.75. The maximum atomic E-state index is 12.4. The highest BCUT2D eigenvalue weighted by molar-refractivity contribution is 5.84. The molecule has 0 bridgehead atoms. The molecule has 0 aliphatic carbocycles. The molecule has 1 fully saturated rings. The molecule has 12 heteroatoms. The Morgan fingerprint density at radius 2 is 1.80 bits per heavy atom. The van der Waals surface area contributed by atoms with Gasteiger partial charge in [-0.15, -0.1) is 0 Å². The summed E-state index contributed by atoms with van der Waals surface area (Å²) in [6, 6.07) is -0.553. The fourth-order valence-electron chi connectivity index (χ4n) is 2.19. The molecule has 2 rings (SSSR count). The zero-order valence-corrected chi connectivity index (χ0v) is 13.5. The monoisotopic (exact) mass is 362 g/mol. The molecule has 1 saturated heterocycles. The highest BCUT2D eigenvalue weighted by Gasteiger charge is 2.27. The molecule has 0 radical (unpaired) electrons. The van der Waals surface area contributed by atoms with E-state index in [-0.39, 0.29) is 23.8 Å². The molecule has 1 amide bonds. The van der Waals surface area contributed by atoms with Gasteiger partial charge in [0.1, 0.15) is 12.6 Å². The molecular formula is C13H21F3N8O. The van der Waals surface area contributed by atoms with Crippen molar-refractivity contribution in [2.75, 3.05) is 42.1 Å². The van der Waals surface area contributed by atoms with Crippen molar-refractivity contribution >= 4 is 23.8 Å². The van der Waals surface area contributed by atoms with Gasteiger partial charge in [0.2, 0.25) is 23.8 Å². The van der Waals surface area contributed by atoms with Gasteiger partial charge in [-0.1, -0.05) is 0 Å². The van der Waals surface area contributed by atoms with E-state index in [2.05, 4.69) is 36.2 Å². The summed E-state index contributed by atoms with van der Waals surface area (Å²) in [6.45, 7) is -0.0521. The quantitative estimate of drug-likeness (QED) is 0.468. The minimum Gasteiger partial charge on any atom is -0.354 e. The summed E-state index contributed by atoms with van der Waals surface area (Å²) in [5, 5.41) is 10.5. The highest BCUT2D eigenvalue weighted by Crippen LogP contribution is 2.17. The van der Waals surface area contributed by atoms with Crippen LogP contribution in [0.15, 0.2) is 0 Å². The Hall–Kier alpha value is -2.37. The van der Waals surface area contributed by atoms with Crippen LogP contribution in [0, 0.1) is 0 Å². The van der Waals surface area contributed by atoms with Crippen LogP contribution < -0.4 is 27.0 Å². The van der Waals surface area contributed by atoms with Gasteiger partial charge in [0, 0.05) is 19.6 Å². The largest absolute Gasteiger partial charge is 0.405 e. The van der Waals surface area contributed by atoms with E-state index >= 15 is 0 Å². The van der Waals surface area contributed by atoms with Gasteiger partial charge in [-0.25, -0.2) is 0 Å². The van der Waals surface area contributed by atoms with Crippen molar-refractivity contribution in [1.82, 2.24) is 20.3 Å². The molecule has 25 heavy (non-hydrogen) atoms. The SMILES string of the molecule is NCCNc1nc(NCC(F)(F)F)nc(NC2CCCCNC2=O)n1. The molecule has 9 nitrogen and oxygen atoms in total. The summed E-state index contributed by atoms with van der Waals surface area (Å²) in [4.78, 5) is 23.8. The van der Waals surface area contributed by atoms with E-state index in [1.165, 1.54) is 0 Å². The molecule has 0 aromatic carbocycles. The molecule has 6 N–H and O–H groups in total. The number of halogens is 3. The van der Waals surface area contributed by atoms with Gasteiger partial charge >= 0.3 is 6.18 Å². The van der Waals surface area contributed by atoms with Crippen molar-refractivity contribution in [3.05, 3.63) is 0 Å². The Morgan fingerprint density at radius 1 is 1.12 bits per heavy atom. The van der Waals surface area contributed by atoms with E-state index in [0.717, 1.165) is 12.8 Å². The van der Waals surface area contributed by atoms with Crippen molar-refractivity contribution in [2.45, 2.75) is 31.5 Å². The first-order valence-corrected chi connectivity index (χ1v) is 7.92. The van der Waals surface area contributed by atoms with Crippen molar-refractivity contribution in [3.63, 3.8) is 0 Å². The molecule has 140 valence electrons. The molecule has 2 heterocycles. The second kappa shape index (κ2) is 8.65. The van der Waals surface area contributed by atoms with Crippen molar-refractivity contribution in [2.24, 2.45) is 5.73 Å². The van der Waals surface area contributed by atoms with Crippen LogP contribution in [-0.2, 0) is 4.79 Å². The van der Waals surface area contributed by atoms with E-state index in [9.17, 15) is 18.0 Å². The van der Waals surface area contributed by atoms with Gasteiger partial charge in [-0.2, -0.15) is 28.1 Å². The Labute approximate surface area is 142 Å². The summed E-state index contributed by atoms with van der Waals surface area (Å²) in [5.74, 6) is -0.356. The predicted molar refractivity (Wildman–Crippen MR) is 86.2 cm³/mol. The van der Waals surface area contributed by atoms with E-state index in [0.29, 0.717) is 26.1 Å². The minimum atomic E-state index is -4.41. The van der Waals surface area contributed by atoms with Crippen LogP contribution in [0.25, 0.3) is 0 Å². The summed E-state index contributed by atoms with van der Waals surface area (Å²) in [7, 11) is 0. The number of nitrogens with zero attached hydrogens (tertiary/aromatic N) is 3. The van der Waals surface area contributed by atoms with Gasteiger partial charge in [-0.05, 0) is 19.3 Å². The molecule has 1 unspecified atom stereocenters. The number of carbonyl (C=O) groups is 1. The lowest BCUT2D eigenvalue weighted by molar-refractivity contribution is -0.121. The summed E-state index contributed by atoms with van der Waals surface area (Å²) in [5.41, 5.74) is 5.39. The van der Waals surface area contributed by atoms with Gasteiger partial charge in [0.05, 0.1) is 0 Å². The predicted octanol–water partition coefficient (Wildman–Crippen LogP) is 0.297. The van der Waals surface area contributed by atoms with Crippen LogP contribution >= 0.6 is 0 Å². The lowest BCUT2D eigenvalue weighted by atomic mass is 10.1. The fraction of sp³-hybridized carbons (Fsp3) is 0.692. The molecular weight excluding hydrogens is 341 g/mol. The van der Waals surface area contributed by atoms with E-state index < -0.39 is 18.8 Å². The Bertz CT molecular complexity index is 583. The molecule has 0 saturated carbocycles. The molecule has 1 aliphatic rings. The summed E-state index contributed by atoms with van der Waals surface area (Å²) in [6.07, 6.45) is -2.14. The summed E-state index contributed by atoms with van der Waals surface area (Å²) >= 11 is 0. The Kier molecular flexibility index (Phi) is 6.56. The molecule has 0 spiro atoms. The molecule has 1 aromatic rings. The number of rotatable bonds is 7. The van der Waals surface area contributed by atoms with Crippen LogP contribution in [0.5, 0.6) is 0 Å². The number of aromatic nitrogens is 3. The number of anilines is 3. The second-order valence-electron chi connectivity index (χ2n) is 5.47. The lowest BCUT2D eigenvalue weighted by Crippen LogP contribution is -2.38. The van der Waals surface area contributed by atoms with Gasteiger partial charge in [0.15, 0.2) is 0 Å². The first-order chi connectivity index (χ1) is 11.9. The van der Waals surface area contributed by atoms with Crippen LogP contribution in [0.4, 0.5) is 31.0 Å². The van der Waals surface area contributed by atoms with Gasteiger partial charge < -0.3 is 27.0 Å². The topological polar surface area (TPSA) is 130 Å². The highest BCUT2D eigenvalue weighted by atomic mass is 19.4. The smallest absolute Gasteiger partial charge is 0.354 e. The van der Waals surface area contributed by atoms with Crippen molar-refractivity contribution in [1.29, 1.82) is 0 Å². The van der Waals surface area contributed by atoms with Gasteiger partial charge in [0.25, 0.3) is 0 Å². The molecule has 1 aromatic heterocycles. The third-order valence-electron chi connectivity index (χ3n) is 3.35. The Morgan fingerprint density at radius 3 is 2.48 bits per heavy atom. The maximum absolute atomic E-state index is 12.4. The first-order valence-electron chi connectivity index (χ1n) is 7.92. The number of hydrogen-bond donors (Lipinski definition) is 5. The number of amides is 1. The zero-order chi connectivity index (χ0) is 18.3. The number of nitrogens with one attached hydrogen (secondary N) is 4. The number of alkyl halides is 3. The second-order valence-corrected chi connectivity index (χ2v) is 5.47. The van der Waals surface area contributed by atoms with E-state index in [4.69, 9.17) is 5.73 Å².